The van der Waals surface area contributed by atoms with E-state index in [1.54, 1.807) is 0 Å². The van der Waals surface area contributed by atoms with Gasteiger partial charge in [0, 0.05) is 32.7 Å². The monoisotopic (exact) mass is 622 g/mol. The van der Waals surface area contributed by atoms with Crippen LogP contribution in [-0.2, 0) is 0 Å². The van der Waals surface area contributed by atoms with Gasteiger partial charge in [-0.2, -0.15) is 0 Å². The smallest absolute Gasteiger partial charge is 0.144 e. The Bertz CT molecular complexity index is 3170. The number of para-hydroxylation sites is 2. The average molecular weight is 623 g/mol. The number of benzene rings is 9. The van der Waals surface area contributed by atoms with Crippen LogP contribution in [0, 0.1) is 0 Å². The number of aromatic nitrogens is 2. The molecule has 0 unspecified atom stereocenters. The van der Waals surface area contributed by atoms with Crippen molar-refractivity contribution >= 4 is 86.8 Å². The average Bonchev–Trinajstić information content (AvgIpc) is 3.57. The van der Waals surface area contributed by atoms with E-state index in [-0.39, 0.29) is 0 Å². The van der Waals surface area contributed by atoms with Gasteiger partial charge in [0.2, 0.25) is 0 Å². The lowest BCUT2D eigenvalue weighted by Gasteiger charge is -2.17. The summed E-state index contributed by atoms with van der Waals surface area (Å²) < 4.78 is 7.05. The molecule has 11 rings (SSSR count). The summed E-state index contributed by atoms with van der Waals surface area (Å²) in [7, 11) is 0. The van der Waals surface area contributed by atoms with Gasteiger partial charge in [0.05, 0.1) is 22.4 Å². The normalized spacial score (nSPS) is 12.1. The van der Waals surface area contributed by atoms with Crippen LogP contribution < -0.4 is 0 Å². The van der Waals surface area contributed by atoms with Crippen molar-refractivity contribution in [2.45, 2.75) is 0 Å². The largest absolute Gasteiger partial charge is 0.455 e. The maximum atomic E-state index is 7.05. The summed E-state index contributed by atoms with van der Waals surface area (Å²) in [4.78, 5) is 10.9. The number of furan rings is 1. The Labute approximate surface area is 280 Å². The SMILES string of the molecule is c1ccc2c(-c3nc4ccccc4nc3-c3cc4ccccc4c4c5ccccc5c5c(oc6ccc7ccccc7c65)c34)cccc2c1. The van der Waals surface area contributed by atoms with E-state index in [4.69, 9.17) is 14.4 Å². The number of hydrogen-bond acceptors (Lipinski definition) is 3. The van der Waals surface area contributed by atoms with Gasteiger partial charge in [-0.25, -0.2) is 9.97 Å². The van der Waals surface area contributed by atoms with E-state index in [1.165, 1.54) is 37.7 Å². The van der Waals surface area contributed by atoms with E-state index < -0.39 is 0 Å². The molecule has 0 spiro atoms. The first kappa shape index (κ1) is 26.5. The molecule has 0 radical (unpaired) electrons. The maximum absolute atomic E-state index is 7.05. The van der Waals surface area contributed by atoms with Crippen molar-refractivity contribution in [1.29, 1.82) is 0 Å². The fourth-order valence-corrected chi connectivity index (χ4v) is 8.08. The predicted molar refractivity (Wildman–Crippen MR) is 205 cm³/mol. The van der Waals surface area contributed by atoms with E-state index in [2.05, 4.69) is 146 Å². The minimum atomic E-state index is 0.840. The second-order valence-corrected chi connectivity index (χ2v) is 12.8. The summed E-state index contributed by atoms with van der Waals surface area (Å²) in [6, 6.07) is 55.8. The fourth-order valence-electron chi connectivity index (χ4n) is 8.08. The first-order chi connectivity index (χ1) is 24.3. The molecule has 0 saturated heterocycles. The van der Waals surface area contributed by atoms with Gasteiger partial charge in [-0.3, -0.25) is 0 Å². The van der Waals surface area contributed by atoms with E-state index in [0.29, 0.717) is 0 Å². The molecule has 2 heterocycles. The molecule has 0 bridgehead atoms. The number of nitrogens with zero attached hydrogens (tertiary/aromatic N) is 2. The van der Waals surface area contributed by atoms with E-state index in [0.717, 1.165) is 71.6 Å². The maximum Gasteiger partial charge on any atom is 0.144 e. The lowest BCUT2D eigenvalue weighted by atomic mass is 9.88. The number of rotatable bonds is 2. The molecule has 11 aromatic rings. The van der Waals surface area contributed by atoms with Crippen molar-refractivity contribution in [2.75, 3.05) is 0 Å². The highest BCUT2D eigenvalue weighted by atomic mass is 16.3. The van der Waals surface area contributed by atoms with Gasteiger partial charge in [0.25, 0.3) is 0 Å². The van der Waals surface area contributed by atoms with Gasteiger partial charge in [0.1, 0.15) is 11.2 Å². The molecule has 0 N–H and O–H groups in total. The molecule has 0 fully saturated rings. The molecule has 0 aliphatic rings. The molecule has 2 aromatic heterocycles. The highest BCUT2D eigenvalue weighted by Gasteiger charge is 2.25. The zero-order chi connectivity index (χ0) is 32.1. The van der Waals surface area contributed by atoms with Crippen LogP contribution in [0.5, 0.6) is 0 Å². The quantitative estimate of drug-likeness (QED) is 0.180. The highest BCUT2D eigenvalue weighted by Crippen LogP contribution is 2.49. The Morgan fingerprint density at radius 3 is 1.61 bits per heavy atom. The molecule has 9 aromatic carbocycles. The minimum absolute atomic E-state index is 0.840. The van der Waals surface area contributed by atoms with Crippen LogP contribution >= 0.6 is 0 Å². The minimum Gasteiger partial charge on any atom is -0.455 e. The molecule has 226 valence electrons. The molecule has 3 nitrogen and oxygen atoms in total. The zero-order valence-electron chi connectivity index (χ0n) is 26.3. The molecule has 0 atom stereocenters. The zero-order valence-corrected chi connectivity index (χ0v) is 26.3. The van der Waals surface area contributed by atoms with Gasteiger partial charge in [-0.1, -0.05) is 133 Å². The summed E-state index contributed by atoms with van der Waals surface area (Å²) in [5.74, 6) is 0. The van der Waals surface area contributed by atoms with E-state index in [1.807, 2.05) is 12.1 Å². The lowest BCUT2D eigenvalue weighted by Crippen LogP contribution is -1.98. The molecular formula is C46H26N2O. The summed E-state index contributed by atoms with van der Waals surface area (Å²) in [5.41, 5.74) is 7.24. The van der Waals surface area contributed by atoms with Crippen LogP contribution in [0.25, 0.3) is 109 Å². The third-order valence-corrected chi connectivity index (χ3v) is 10.2. The van der Waals surface area contributed by atoms with Crippen LogP contribution in [0.15, 0.2) is 162 Å². The molecule has 0 saturated carbocycles. The van der Waals surface area contributed by atoms with Gasteiger partial charge in [-0.15, -0.1) is 0 Å². The van der Waals surface area contributed by atoms with E-state index >= 15 is 0 Å². The first-order valence-corrected chi connectivity index (χ1v) is 16.7. The summed E-state index contributed by atoms with van der Waals surface area (Å²) in [5, 5.41) is 13.9. The Kier molecular flexibility index (Phi) is 5.38. The number of fused-ring (bicyclic) bond motifs is 14. The van der Waals surface area contributed by atoms with Gasteiger partial charge in [0.15, 0.2) is 0 Å². The van der Waals surface area contributed by atoms with Crippen molar-refractivity contribution in [3.63, 3.8) is 0 Å². The Hall–Kier alpha value is -6.58. The van der Waals surface area contributed by atoms with Crippen LogP contribution in [-0.4, -0.2) is 9.97 Å². The van der Waals surface area contributed by atoms with Gasteiger partial charge in [-0.05, 0) is 67.4 Å². The van der Waals surface area contributed by atoms with Crippen LogP contribution in [0.3, 0.4) is 0 Å². The highest BCUT2D eigenvalue weighted by molar-refractivity contribution is 6.39. The van der Waals surface area contributed by atoms with Crippen LogP contribution in [0.4, 0.5) is 0 Å². The van der Waals surface area contributed by atoms with Gasteiger partial charge >= 0.3 is 0 Å². The van der Waals surface area contributed by atoms with E-state index in [9.17, 15) is 0 Å². The topological polar surface area (TPSA) is 38.9 Å². The molecule has 49 heavy (non-hydrogen) atoms. The van der Waals surface area contributed by atoms with Gasteiger partial charge < -0.3 is 4.42 Å². The van der Waals surface area contributed by atoms with Crippen LogP contribution in [0.1, 0.15) is 0 Å². The molecule has 0 aliphatic carbocycles. The third-order valence-electron chi connectivity index (χ3n) is 10.2. The summed E-state index contributed by atoms with van der Waals surface area (Å²) >= 11 is 0. The molecular weight excluding hydrogens is 597 g/mol. The predicted octanol–water partition coefficient (Wildman–Crippen LogP) is 12.6. The molecule has 3 heteroatoms. The van der Waals surface area contributed by atoms with Crippen molar-refractivity contribution in [3.05, 3.63) is 158 Å². The Balaban J connectivity index is 1.41. The standard InChI is InChI=1S/C46H26N2O/c1-4-16-30-27(12-1)15-11-21-35(30)44-45(48-38-23-10-9-22-37(38)47-44)36-26-29-14-3-6-18-32(29)40-33-19-7-8-20-34(33)42-41-31-17-5-2-13-28(31)24-25-39(41)49-46(42)43(36)40/h1-26H. The second kappa shape index (κ2) is 9.96. The Morgan fingerprint density at radius 2 is 0.878 bits per heavy atom. The first-order valence-electron chi connectivity index (χ1n) is 16.7. The fraction of sp³-hybridized carbons (Fsp3) is 0. The lowest BCUT2D eigenvalue weighted by molar-refractivity contribution is 0.673. The summed E-state index contributed by atoms with van der Waals surface area (Å²) in [6.45, 7) is 0. The van der Waals surface area contributed by atoms with Crippen LogP contribution in [0.2, 0.25) is 0 Å². The molecule has 0 aliphatic heterocycles. The third kappa shape index (κ3) is 3.73. The second-order valence-electron chi connectivity index (χ2n) is 12.8. The van der Waals surface area contributed by atoms with Crippen molar-refractivity contribution in [2.24, 2.45) is 0 Å². The van der Waals surface area contributed by atoms with Crippen molar-refractivity contribution in [1.82, 2.24) is 9.97 Å². The van der Waals surface area contributed by atoms with Crippen molar-refractivity contribution in [3.8, 4) is 22.5 Å². The Morgan fingerprint density at radius 1 is 0.347 bits per heavy atom. The number of hydrogen-bond donors (Lipinski definition) is 0. The molecule has 0 amide bonds. The summed E-state index contributed by atoms with van der Waals surface area (Å²) in [6.07, 6.45) is 0. The van der Waals surface area contributed by atoms with Crippen molar-refractivity contribution < 1.29 is 4.42 Å².